The van der Waals surface area contributed by atoms with Crippen LogP contribution in [0.15, 0.2) is 16.6 Å². The second-order valence-electron chi connectivity index (χ2n) is 6.05. The SMILES string of the molecule is COc1cc(CNCC2(C3CC3)CC2)cc(Br)c1OC. The van der Waals surface area contributed by atoms with Gasteiger partial charge < -0.3 is 14.8 Å². The van der Waals surface area contributed by atoms with Crippen LogP contribution in [-0.2, 0) is 6.54 Å². The van der Waals surface area contributed by atoms with E-state index in [9.17, 15) is 0 Å². The van der Waals surface area contributed by atoms with Gasteiger partial charge in [0.2, 0.25) is 0 Å². The molecule has 0 amide bonds. The number of nitrogens with one attached hydrogen (secondary N) is 1. The Kier molecular flexibility index (Phi) is 3.95. The molecule has 1 N–H and O–H groups in total. The highest BCUT2D eigenvalue weighted by Crippen LogP contribution is 2.60. The Morgan fingerprint density at radius 1 is 1.25 bits per heavy atom. The summed E-state index contributed by atoms with van der Waals surface area (Å²) in [5.41, 5.74) is 1.87. The molecule has 0 spiro atoms. The maximum atomic E-state index is 5.38. The first kappa shape index (κ1) is 14.2. The predicted octanol–water partition coefficient (Wildman–Crippen LogP) is 3.75. The number of hydrogen-bond donors (Lipinski definition) is 1. The fourth-order valence-electron chi connectivity index (χ4n) is 3.11. The number of rotatable bonds is 7. The van der Waals surface area contributed by atoms with E-state index < -0.39 is 0 Å². The molecule has 1 aromatic carbocycles. The molecule has 0 saturated heterocycles. The molecule has 2 fully saturated rings. The van der Waals surface area contributed by atoms with Crippen molar-refractivity contribution < 1.29 is 9.47 Å². The minimum Gasteiger partial charge on any atom is -0.493 e. The zero-order valence-electron chi connectivity index (χ0n) is 12.2. The molecule has 0 atom stereocenters. The van der Waals surface area contributed by atoms with Crippen LogP contribution in [0.2, 0.25) is 0 Å². The van der Waals surface area contributed by atoms with Gasteiger partial charge in [0.25, 0.3) is 0 Å². The Bertz CT molecular complexity index is 495. The van der Waals surface area contributed by atoms with Crippen LogP contribution in [0.1, 0.15) is 31.2 Å². The molecule has 0 unspecified atom stereocenters. The van der Waals surface area contributed by atoms with Gasteiger partial charge in [0.15, 0.2) is 11.5 Å². The zero-order valence-corrected chi connectivity index (χ0v) is 13.8. The maximum absolute atomic E-state index is 5.38. The third-order valence-electron chi connectivity index (χ3n) is 4.64. The van der Waals surface area contributed by atoms with Crippen molar-refractivity contribution >= 4 is 15.9 Å². The summed E-state index contributed by atoms with van der Waals surface area (Å²) in [5.74, 6) is 2.54. The number of benzene rings is 1. The van der Waals surface area contributed by atoms with E-state index >= 15 is 0 Å². The second-order valence-corrected chi connectivity index (χ2v) is 6.91. The first-order chi connectivity index (χ1) is 9.68. The summed E-state index contributed by atoms with van der Waals surface area (Å²) in [7, 11) is 3.33. The number of methoxy groups -OCH3 is 2. The van der Waals surface area contributed by atoms with Gasteiger partial charge in [-0.15, -0.1) is 0 Å². The highest BCUT2D eigenvalue weighted by Gasteiger charge is 2.53. The Balaban J connectivity index is 1.61. The zero-order chi connectivity index (χ0) is 14.2. The molecule has 1 aromatic rings. The van der Waals surface area contributed by atoms with E-state index in [1.807, 2.05) is 6.07 Å². The van der Waals surface area contributed by atoms with Crippen LogP contribution in [0.4, 0.5) is 0 Å². The van der Waals surface area contributed by atoms with Gasteiger partial charge in [-0.3, -0.25) is 0 Å². The van der Waals surface area contributed by atoms with Gasteiger partial charge in [-0.25, -0.2) is 0 Å². The quantitative estimate of drug-likeness (QED) is 0.820. The monoisotopic (exact) mass is 339 g/mol. The van der Waals surface area contributed by atoms with Crippen molar-refractivity contribution in [3.05, 3.63) is 22.2 Å². The van der Waals surface area contributed by atoms with E-state index in [4.69, 9.17) is 9.47 Å². The largest absolute Gasteiger partial charge is 0.493 e. The van der Waals surface area contributed by atoms with Crippen molar-refractivity contribution in [3.63, 3.8) is 0 Å². The topological polar surface area (TPSA) is 30.5 Å². The molecule has 20 heavy (non-hydrogen) atoms. The molecule has 4 heteroatoms. The lowest BCUT2D eigenvalue weighted by Crippen LogP contribution is -2.25. The molecular formula is C16H22BrNO2. The first-order valence-electron chi connectivity index (χ1n) is 7.29. The normalized spacial score (nSPS) is 19.8. The minimum absolute atomic E-state index is 0.647. The molecule has 0 radical (unpaired) electrons. The van der Waals surface area contributed by atoms with Crippen molar-refractivity contribution in [3.8, 4) is 11.5 Å². The van der Waals surface area contributed by atoms with Crippen molar-refractivity contribution in [1.29, 1.82) is 0 Å². The molecule has 0 aliphatic heterocycles. The maximum Gasteiger partial charge on any atom is 0.174 e. The van der Waals surface area contributed by atoms with Crippen LogP contribution >= 0.6 is 15.9 Å². The van der Waals surface area contributed by atoms with Crippen molar-refractivity contribution in [2.24, 2.45) is 11.3 Å². The molecule has 2 aliphatic carbocycles. The van der Waals surface area contributed by atoms with E-state index in [0.717, 1.165) is 35.0 Å². The summed E-state index contributed by atoms with van der Waals surface area (Å²) in [6.45, 7) is 2.04. The predicted molar refractivity (Wildman–Crippen MR) is 83.3 cm³/mol. The molecule has 2 aliphatic rings. The van der Waals surface area contributed by atoms with Gasteiger partial charge >= 0.3 is 0 Å². The molecule has 110 valence electrons. The molecule has 3 nitrogen and oxygen atoms in total. The van der Waals surface area contributed by atoms with E-state index in [2.05, 4.69) is 27.3 Å². The highest BCUT2D eigenvalue weighted by molar-refractivity contribution is 9.10. The highest BCUT2D eigenvalue weighted by atomic mass is 79.9. The van der Waals surface area contributed by atoms with E-state index in [-0.39, 0.29) is 0 Å². The van der Waals surface area contributed by atoms with Gasteiger partial charge in [-0.2, -0.15) is 0 Å². The lowest BCUT2D eigenvalue weighted by atomic mass is 10.0. The summed E-state index contributed by atoms with van der Waals surface area (Å²) < 4.78 is 11.7. The number of hydrogen-bond acceptors (Lipinski definition) is 3. The standard InChI is InChI=1S/C16H22BrNO2/c1-19-14-8-11(7-13(17)15(14)20-2)9-18-10-16(5-6-16)12-3-4-12/h7-8,12,18H,3-6,9-10H2,1-2H3. The van der Waals surface area contributed by atoms with Crippen LogP contribution in [-0.4, -0.2) is 20.8 Å². The summed E-state index contributed by atoms with van der Waals surface area (Å²) in [6, 6.07) is 4.15. The van der Waals surface area contributed by atoms with E-state index in [1.165, 1.54) is 31.2 Å². The van der Waals surface area contributed by atoms with Gasteiger partial charge in [-0.05, 0) is 70.6 Å². The van der Waals surface area contributed by atoms with Crippen molar-refractivity contribution in [1.82, 2.24) is 5.32 Å². The van der Waals surface area contributed by atoms with E-state index in [0.29, 0.717) is 5.41 Å². The van der Waals surface area contributed by atoms with Crippen LogP contribution in [0.25, 0.3) is 0 Å². The van der Waals surface area contributed by atoms with Crippen LogP contribution in [0.3, 0.4) is 0 Å². The summed E-state index contributed by atoms with van der Waals surface area (Å²) in [4.78, 5) is 0. The van der Waals surface area contributed by atoms with Crippen LogP contribution in [0, 0.1) is 11.3 Å². The minimum atomic E-state index is 0.647. The Labute approximate surface area is 129 Å². The van der Waals surface area contributed by atoms with Crippen LogP contribution in [0.5, 0.6) is 11.5 Å². The first-order valence-corrected chi connectivity index (χ1v) is 8.09. The smallest absolute Gasteiger partial charge is 0.174 e. The molecule has 2 saturated carbocycles. The Hall–Kier alpha value is -0.740. The van der Waals surface area contributed by atoms with Crippen molar-refractivity contribution in [2.75, 3.05) is 20.8 Å². The third-order valence-corrected chi connectivity index (χ3v) is 5.22. The van der Waals surface area contributed by atoms with Crippen molar-refractivity contribution in [2.45, 2.75) is 32.2 Å². The molecule has 3 rings (SSSR count). The van der Waals surface area contributed by atoms with Crippen LogP contribution < -0.4 is 14.8 Å². The lowest BCUT2D eigenvalue weighted by Gasteiger charge is -2.16. The van der Waals surface area contributed by atoms with Gasteiger partial charge in [0, 0.05) is 13.1 Å². The van der Waals surface area contributed by atoms with Gasteiger partial charge in [0.05, 0.1) is 18.7 Å². The fourth-order valence-corrected chi connectivity index (χ4v) is 3.77. The summed E-state index contributed by atoms with van der Waals surface area (Å²) in [5, 5.41) is 3.62. The Morgan fingerprint density at radius 3 is 2.55 bits per heavy atom. The Morgan fingerprint density at radius 2 is 2.00 bits per heavy atom. The third kappa shape index (κ3) is 2.82. The van der Waals surface area contributed by atoms with Gasteiger partial charge in [-0.1, -0.05) is 0 Å². The molecule has 0 bridgehead atoms. The van der Waals surface area contributed by atoms with Gasteiger partial charge in [0.1, 0.15) is 0 Å². The lowest BCUT2D eigenvalue weighted by molar-refractivity contribution is 0.352. The molecular weight excluding hydrogens is 318 g/mol. The summed E-state index contributed by atoms with van der Waals surface area (Å²) in [6.07, 6.45) is 5.73. The summed E-state index contributed by atoms with van der Waals surface area (Å²) >= 11 is 3.54. The average molecular weight is 340 g/mol. The number of ether oxygens (including phenoxy) is 2. The molecule has 0 heterocycles. The molecule has 0 aromatic heterocycles. The number of halogens is 1. The van der Waals surface area contributed by atoms with E-state index in [1.54, 1.807) is 14.2 Å². The average Bonchev–Trinajstić information content (AvgIpc) is 3.30. The fraction of sp³-hybridized carbons (Fsp3) is 0.625. The second kappa shape index (κ2) is 5.57.